The zero-order valence-electron chi connectivity index (χ0n) is 13.0. The van der Waals surface area contributed by atoms with Gasteiger partial charge in [-0.2, -0.15) is 0 Å². The Morgan fingerprint density at radius 3 is 2.38 bits per heavy atom. The summed E-state index contributed by atoms with van der Waals surface area (Å²) in [6, 6.07) is 1.84. The Morgan fingerprint density at radius 1 is 1.29 bits per heavy atom. The van der Waals surface area contributed by atoms with E-state index in [0.29, 0.717) is 0 Å². The van der Waals surface area contributed by atoms with Gasteiger partial charge in [-0.3, -0.25) is 0 Å². The summed E-state index contributed by atoms with van der Waals surface area (Å²) < 4.78 is 28.2. The maximum Gasteiger partial charge on any atom is 0.350 e. The number of carboxylic acid groups (broad SMARTS) is 1. The average Bonchev–Trinajstić information content (AvgIpc) is 2.44. The van der Waals surface area contributed by atoms with E-state index in [9.17, 15) is 18.8 Å². The number of anilines is 1. The number of rotatable bonds is 4. The van der Waals surface area contributed by atoms with E-state index in [0.717, 1.165) is 18.3 Å². The number of esters is 2. The molecule has 1 aliphatic heterocycles. The first-order valence-corrected chi connectivity index (χ1v) is 6.69. The summed E-state index contributed by atoms with van der Waals surface area (Å²) in [5.41, 5.74) is -0.983. The summed E-state index contributed by atoms with van der Waals surface area (Å²) in [5, 5.41) is 11.6. The molecular weight excluding hydrogens is 325 g/mol. The Hall–Kier alpha value is -3.10. The monoisotopic (exact) mass is 339 g/mol. The minimum Gasteiger partial charge on any atom is -0.494 e. The largest absolute Gasteiger partial charge is 0.494 e. The molecule has 0 radical (unpaired) electrons. The van der Waals surface area contributed by atoms with Gasteiger partial charge in [-0.05, 0) is 6.07 Å². The smallest absolute Gasteiger partial charge is 0.350 e. The Morgan fingerprint density at radius 2 is 1.88 bits per heavy atom. The van der Waals surface area contributed by atoms with Gasteiger partial charge < -0.3 is 24.6 Å². The number of carbonyl (C=O) groups excluding carboxylic acids is 2. The van der Waals surface area contributed by atoms with Crippen LogP contribution in [0.5, 0.6) is 5.75 Å². The van der Waals surface area contributed by atoms with E-state index in [1.165, 1.54) is 21.0 Å². The summed E-state index contributed by atoms with van der Waals surface area (Å²) in [5.74, 6) is -5.74. The highest BCUT2D eigenvalue weighted by Crippen LogP contribution is 2.27. The zero-order valence-corrected chi connectivity index (χ0v) is 13.0. The van der Waals surface area contributed by atoms with Gasteiger partial charge in [0.1, 0.15) is 0 Å². The number of nitrogens with one attached hydrogen (secondary N) is 1. The highest BCUT2D eigenvalue weighted by atomic mass is 19.1. The molecule has 0 unspecified atom stereocenters. The quantitative estimate of drug-likeness (QED) is 0.484. The number of ether oxygens (including phenoxy) is 3. The molecule has 0 saturated carbocycles. The summed E-state index contributed by atoms with van der Waals surface area (Å²) in [4.78, 5) is 34.8. The van der Waals surface area contributed by atoms with E-state index < -0.39 is 35.1 Å². The third-order valence-corrected chi connectivity index (χ3v) is 3.01. The second-order valence-corrected chi connectivity index (χ2v) is 5.22. The lowest BCUT2D eigenvalue weighted by atomic mass is 10.1. The molecule has 0 amide bonds. The third-order valence-electron chi connectivity index (χ3n) is 3.01. The average molecular weight is 339 g/mol. The van der Waals surface area contributed by atoms with Crippen LogP contribution in [0.25, 0.3) is 0 Å². The number of hydrogen-bond donors (Lipinski definition) is 2. The Bertz CT molecular complexity index is 732. The van der Waals surface area contributed by atoms with Crippen LogP contribution in [0.4, 0.5) is 10.1 Å². The predicted molar refractivity (Wildman–Crippen MR) is 77.9 cm³/mol. The van der Waals surface area contributed by atoms with Gasteiger partial charge in [0.15, 0.2) is 17.1 Å². The predicted octanol–water partition coefficient (Wildman–Crippen LogP) is 1.66. The lowest BCUT2D eigenvalue weighted by Gasteiger charge is -2.29. The molecule has 0 aliphatic carbocycles. The zero-order chi connectivity index (χ0) is 18.1. The molecule has 1 aromatic carbocycles. The van der Waals surface area contributed by atoms with Crippen LogP contribution >= 0.6 is 0 Å². The normalized spacial score (nSPS) is 16.1. The molecule has 1 heterocycles. The molecule has 9 heteroatoms. The fourth-order valence-corrected chi connectivity index (χ4v) is 1.93. The Kier molecular flexibility index (Phi) is 4.45. The Balaban J connectivity index is 2.35. The Labute approximate surface area is 135 Å². The molecule has 24 heavy (non-hydrogen) atoms. The number of carbonyl (C=O) groups is 3. The molecule has 8 nitrogen and oxygen atoms in total. The second-order valence-electron chi connectivity index (χ2n) is 5.22. The summed E-state index contributed by atoms with van der Waals surface area (Å²) in [7, 11) is 1.19. The van der Waals surface area contributed by atoms with Crippen molar-refractivity contribution < 1.29 is 38.1 Å². The van der Waals surface area contributed by atoms with Crippen LogP contribution in [-0.4, -0.2) is 35.9 Å². The van der Waals surface area contributed by atoms with Gasteiger partial charge in [0, 0.05) is 26.1 Å². The van der Waals surface area contributed by atoms with Crippen molar-refractivity contribution in [1.82, 2.24) is 0 Å². The SMILES string of the molecule is COc1cc(C(=O)O)c(NC=C2C(=O)OC(C)(C)OC2=O)cc1F. The van der Waals surface area contributed by atoms with Crippen molar-refractivity contribution >= 4 is 23.6 Å². The number of halogens is 1. The molecule has 2 N–H and O–H groups in total. The first kappa shape index (κ1) is 17.3. The van der Waals surface area contributed by atoms with Gasteiger partial charge in [-0.25, -0.2) is 18.8 Å². The number of hydrogen-bond acceptors (Lipinski definition) is 7. The first-order valence-electron chi connectivity index (χ1n) is 6.69. The van der Waals surface area contributed by atoms with Gasteiger partial charge in [0.05, 0.1) is 18.4 Å². The summed E-state index contributed by atoms with van der Waals surface area (Å²) in [6.45, 7) is 2.77. The summed E-state index contributed by atoms with van der Waals surface area (Å²) >= 11 is 0. The van der Waals surface area contributed by atoms with Crippen LogP contribution in [0.3, 0.4) is 0 Å². The van der Waals surface area contributed by atoms with Crippen LogP contribution in [0.15, 0.2) is 23.9 Å². The van der Waals surface area contributed by atoms with E-state index in [1.54, 1.807) is 0 Å². The molecule has 1 fully saturated rings. The van der Waals surface area contributed by atoms with Crippen LogP contribution in [-0.2, 0) is 19.1 Å². The number of carboxylic acids is 1. The fraction of sp³-hybridized carbons (Fsp3) is 0.267. The molecular formula is C15H14FNO7. The minimum absolute atomic E-state index is 0.182. The van der Waals surface area contributed by atoms with Crippen molar-refractivity contribution in [2.75, 3.05) is 12.4 Å². The topological polar surface area (TPSA) is 111 Å². The maximum atomic E-state index is 13.8. The molecule has 0 bridgehead atoms. The van der Waals surface area contributed by atoms with Crippen molar-refractivity contribution in [3.05, 3.63) is 35.3 Å². The number of benzene rings is 1. The van der Waals surface area contributed by atoms with Gasteiger partial charge >= 0.3 is 17.9 Å². The van der Waals surface area contributed by atoms with Crippen molar-refractivity contribution in [3.63, 3.8) is 0 Å². The molecule has 128 valence electrons. The molecule has 1 aromatic rings. The molecule has 0 spiro atoms. The number of aromatic carboxylic acids is 1. The molecule has 2 rings (SSSR count). The van der Waals surface area contributed by atoms with Crippen LogP contribution in [0.2, 0.25) is 0 Å². The maximum absolute atomic E-state index is 13.8. The standard InChI is InChI=1S/C15H14FNO7/c1-15(2)23-13(20)8(14(21)24-15)6-17-10-5-9(16)11(22-3)4-7(10)12(18)19/h4-6,17H,1-3H3,(H,18,19). The second kappa shape index (κ2) is 6.19. The van der Waals surface area contributed by atoms with Gasteiger partial charge in [0.2, 0.25) is 0 Å². The van der Waals surface area contributed by atoms with Crippen molar-refractivity contribution in [2.24, 2.45) is 0 Å². The van der Waals surface area contributed by atoms with Gasteiger partial charge in [-0.1, -0.05) is 0 Å². The van der Waals surface area contributed by atoms with Crippen molar-refractivity contribution in [1.29, 1.82) is 0 Å². The number of cyclic esters (lactones) is 2. The lowest BCUT2D eigenvalue weighted by molar-refractivity contribution is -0.222. The van der Waals surface area contributed by atoms with Gasteiger partial charge in [0.25, 0.3) is 5.79 Å². The molecule has 1 saturated heterocycles. The summed E-state index contributed by atoms with van der Waals surface area (Å²) in [6.07, 6.45) is 0.896. The van der Waals surface area contributed by atoms with E-state index in [1.807, 2.05) is 0 Å². The minimum atomic E-state index is -1.40. The van der Waals surface area contributed by atoms with Crippen molar-refractivity contribution in [3.8, 4) is 5.75 Å². The third kappa shape index (κ3) is 3.45. The van der Waals surface area contributed by atoms with E-state index in [-0.39, 0.29) is 17.0 Å². The van der Waals surface area contributed by atoms with E-state index >= 15 is 0 Å². The van der Waals surface area contributed by atoms with Crippen LogP contribution < -0.4 is 10.1 Å². The van der Waals surface area contributed by atoms with E-state index in [2.05, 4.69) is 5.32 Å². The van der Waals surface area contributed by atoms with Gasteiger partial charge in [-0.15, -0.1) is 0 Å². The highest BCUT2D eigenvalue weighted by molar-refractivity contribution is 6.15. The van der Waals surface area contributed by atoms with Crippen LogP contribution in [0.1, 0.15) is 24.2 Å². The fourth-order valence-electron chi connectivity index (χ4n) is 1.93. The van der Waals surface area contributed by atoms with E-state index in [4.69, 9.17) is 19.3 Å². The first-order chi connectivity index (χ1) is 11.1. The lowest BCUT2D eigenvalue weighted by Crippen LogP contribution is -2.42. The molecule has 0 aromatic heterocycles. The van der Waals surface area contributed by atoms with Crippen LogP contribution in [0, 0.1) is 5.82 Å². The van der Waals surface area contributed by atoms with Crippen molar-refractivity contribution in [2.45, 2.75) is 19.6 Å². The highest BCUT2D eigenvalue weighted by Gasteiger charge is 2.39. The molecule has 1 aliphatic rings. The number of methoxy groups -OCH3 is 1. The molecule has 0 atom stereocenters.